The van der Waals surface area contributed by atoms with Crippen molar-refractivity contribution in [2.45, 2.75) is 38.6 Å². The van der Waals surface area contributed by atoms with E-state index in [0.29, 0.717) is 17.1 Å². The average Bonchev–Trinajstić information content (AvgIpc) is 3.40. The first kappa shape index (κ1) is 19.1. The number of nitrogens with zero attached hydrogens (tertiary/aromatic N) is 3. The van der Waals surface area contributed by atoms with Crippen LogP contribution in [0, 0.1) is 20.8 Å². The monoisotopic (exact) mass is 414 g/mol. The first-order chi connectivity index (χ1) is 13.4. The third-order valence-electron chi connectivity index (χ3n) is 5.08. The van der Waals surface area contributed by atoms with Crippen molar-refractivity contribution in [1.82, 2.24) is 19.9 Å². The van der Waals surface area contributed by atoms with Crippen LogP contribution in [0.15, 0.2) is 17.3 Å². The van der Waals surface area contributed by atoms with Crippen LogP contribution in [0.3, 0.4) is 0 Å². The van der Waals surface area contributed by atoms with Crippen LogP contribution in [-0.4, -0.2) is 50.4 Å². The zero-order valence-corrected chi connectivity index (χ0v) is 17.8. The van der Waals surface area contributed by atoms with Crippen molar-refractivity contribution >= 4 is 45.0 Å². The summed E-state index contributed by atoms with van der Waals surface area (Å²) in [5.74, 6) is 0.941. The number of likely N-dealkylation sites (tertiary alicyclic amines) is 1. The van der Waals surface area contributed by atoms with Gasteiger partial charge in [-0.1, -0.05) is 11.8 Å². The normalized spacial score (nSPS) is 14.2. The lowest BCUT2D eigenvalue weighted by Gasteiger charge is -2.13. The molecule has 0 bridgehead atoms. The molecule has 1 amide bonds. The van der Waals surface area contributed by atoms with Gasteiger partial charge in [-0.05, 0) is 45.2 Å². The lowest BCUT2D eigenvalue weighted by molar-refractivity contribution is 0.0787. The highest BCUT2D eigenvalue weighted by molar-refractivity contribution is 8.00. The number of thioether (sulfide) groups is 1. The van der Waals surface area contributed by atoms with Crippen LogP contribution in [0.4, 0.5) is 0 Å². The highest BCUT2D eigenvalue weighted by Crippen LogP contribution is 2.35. The summed E-state index contributed by atoms with van der Waals surface area (Å²) < 4.78 is 0. The largest absolute Gasteiger partial charge is 0.356 e. The van der Waals surface area contributed by atoms with Crippen LogP contribution in [-0.2, 0) is 0 Å². The molecule has 4 heterocycles. The molecule has 1 N–H and O–H groups in total. The molecule has 0 aromatic carbocycles. The summed E-state index contributed by atoms with van der Waals surface area (Å²) >= 11 is 3.09. The molecule has 3 aromatic heterocycles. The van der Waals surface area contributed by atoms with Gasteiger partial charge < -0.3 is 9.88 Å². The SMILES string of the molecule is Cc1nc(SCC(=O)c2c[nH]c(C(=O)N3CCCC3)c2)c2c(C)c(C)sc2n1. The van der Waals surface area contributed by atoms with Gasteiger partial charge in [-0.25, -0.2) is 9.97 Å². The van der Waals surface area contributed by atoms with Crippen molar-refractivity contribution < 1.29 is 9.59 Å². The lowest BCUT2D eigenvalue weighted by Crippen LogP contribution is -2.27. The van der Waals surface area contributed by atoms with Crippen LogP contribution >= 0.6 is 23.1 Å². The Morgan fingerprint density at radius 1 is 1.21 bits per heavy atom. The van der Waals surface area contributed by atoms with E-state index in [1.54, 1.807) is 23.6 Å². The van der Waals surface area contributed by atoms with Gasteiger partial charge in [-0.3, -0.25) is 9.59 Å². The summed E-state index contributed by atoms with van der Waals surface area (Å²) in [7, 11) is 0. The fourth-order valence-corrected chi connectivity index (χ4v) is 5.57. The molecule has 146 valence electrons. The smallest absolute Gasteiger partial charge is 0.270 e. The predicted octanol–water partition coefficient (Wildman–Crippen LogP) is 4.16. The maximum Gasteiger partial charge on any atom is 0.270 e. The second-order valence-corrected chi connectivity index (χ2v) is 9.22. The second-order valence-electron chi connectivity index (χ2n) is 7.05. The Labute approximate surface area is 171 Å². The Balaban J connectivity index is 1.49. The molecule has 0 unspecified atom stereocenters. The Morgan fingerprint density at radius 3 is 2.71 bits per heavy atom. The minimum Gasteiger partial charge on any atom is -0.356 e. The fraction of sp³-hybridized carbons (Fsp3) is 0.400. The quantitative estimate of drug-likeness (QED) is 0.385. The Morgan fingerprint density at radius 2 is 1.96 bits per heavy atom. The maximum absolute atomic E-state index is 12.7. The van der Waals surface area contributed by atoms with E-state index in [9.17, 15) is 9.59 Å². The summed E-state index contributed by atoms with van der Waals surface area (Å²) in [5.41, 5.74) is 2.20. The molecule has 3 aromatic rings. The van der Waals surface area contributed by atoms with Crippen LogP contribution in [0.1, 0.15) is 50.0 Å². The van der Waals surface area contributed by atoms with E-state index in [1.165, 1.54) is 22.2 Å². The standard InChI is InChI=1S/C20H22N4O2S2/c1-11-12(2)28-19-17(11)18(22-13(3)23-19)27-10-16(25)14-8-15(21-9-14)20(26)24-6-4-5-7-24/h8-9,21H,4-7,10H2,1-3H3. The van der Waals surface area contributed by atoms with E-state index in [-0.39, 0.29) is 17.4 Å². The first-order valence-electron chi connectivity index (χ1n) is 9.32. The summed E-state index contributed by atoms with van der Waals surface area (Å²) in [6.07, 6.45) is 3.72. The number of H-pyrrole nitrogens is 1. The van der Waals surface area contributed by atoms with Gasteiger partial charge in [0.25, 0.3) is 5.91 Å². The Kier molecular flexibility index (Phi) is 5.25. The number of ketones is 1. The van der Waals surface area contributed by atoms with Crippen LogP contribution < -0.4 is 0 Å². The first-order valence-corrected chi connectivity index (χ1v) is 11.1. The molecule has 4 rings (SSSR count). The molecule has 0 atom stereocenters. The molecule has 0 spiro atoms. The number of amides is 1. The van der Waals surface area contributed by atoms with Crippen molar-refractivity contribution in [1.29, 1.82) is 0 Å². The van der Waals surface area contributed by atoms with Crippen molar-refractivity contribution in [2.24, 2.45) is 0 Å². The summed E-state index contributed by atoms with van der Waals surface area (Å²) in [6, 6.07) is 1.67. The number of thiophene rings is 1. The lowest BCUT2D eigenvalue weighted by atomic mass is 10.2. The molecule has 6 nitrogen and oxygen atoms in total. The van der Waals surface area contributed by atoms with E-state index in [2.05, 4.69) is 28.8 Å². The number of nitrogens with one attached hydrogen (secondary N) is 1. The van der Waals surface area contributed by atoms with Crippen molar-refractivity contribution in [3.05, 3.63) is 39.8 Å². The van der Waals surface area contributed by atoms with Crippen molar-refractivity contribution in [2.75, 3.05) is 18.8 Å². The summed E-state index contributed by atoms with van der Waals surface area (Å²) in [4.78, 5) is 41.2. The molecule has 8 heteroatoms. The van der Waals surface area contributed by atoms with Gasteiger partial charge in [0.1, 0.15) is 21.4 Å². The van der Waals surface area contributed by atoms with Crippen LogP contribution in [0.25, 0.3) is 10.2 Å². The van der Waals surface area contributed by atoms with Gasteiger partial charge >= 0.3 is 0 Å². The van der Waals surface area contributed by atoms with E-state index < -0.39 is 0 Å². The highest BCUT2D eigenvalue weighted by Gasteiger charge is 2.22. The van der Waals surface area contributed by atoms with E-state index in [0.717, 1.165) is 41.2 Å². The van der Waals surface area contributed by atoms with E-state index in [1.807, 2.05) is 11.8 Å². The van der Waals surface area contributed by atoms with Gasteiger partial charge in [-0.15, -0.1) is 11.3 Å². The molecule has 0 aliphatic carbocycles. The van der Waals surface area contributed by atoms with Gasteiger partial charge in [0.05, 0.1) is 5.75 Å². The maximum atomic E-state index is 12.7. The molecule has 1 saturated heterocycles. The number of carbonyl (C=O) groups excluding carboxylic acids is 2. The second kappa shape index (κ2) is 7.67. The molecular weight excluding hydrogens is 392 g/mol. The summed E-state index contributed by atoms with van der Waals surface area (Å²) in [6.45, 7) is 7.60. The van der Waals surface area contributed by atoms with E-state index in [4.69, 9.17) is 0 Å². The number of Topliss-reactive ketones (excluding diaryl/α,β-unsaturated/α-hetero) is 1. The van der Waals surface area contributed by atoms with Crippen molar-refractivity contribution in [3.8, 4) is 0 Å². The summed E-state index contributed by atoms with van der Waals surface area (Å²) in [5, 5.41) is 1.89. The van der Waals surface area contributed by atoms with Crippen molar-refractivity contribution in [3.63, 3.8) is 0 Å². The number of aryl methyl sites for hydroxylation is 3. The topological polar surface area (TPSA) is 79.0 Å². The molecule has 0 radical (unpaired) electrons. The number of carbonyl (C=O) groups is 2. The number of aromatic amines is 1. The van der Waals surface area contributed by atoms with Crippen LogP contribution in [0.5, 0.6) is 0 Å². The van der Waals surface area contributed by atoms with Gasteiger partial charge in [-0.2, -0.15) is 0 Å². The Hall–Kier alpha value is -2.19. The number of hydrogen-bond acceptors (Lipinski definition) is 6. The zero-order valence-electron chi connectivity index (χ0n) is 16.2. The van der Waals surface area contributed by atoms with E-state index >= 15 is 0 Å². The van der Waals surface area contributed by atoms with Gasteiger partial charge in [0.2, 0.25) is 0 Å². The molecule has 1 aliphatic rings. The number of rotatable bonds is 5. The molecule has 1 fully saturated rings. The zero-order chi connectivity index (χ0) is 19.8. The van der Waals surface area contributed by atoms with Gasteiger partial charge in [0, 0.05) is 35.1 Å². The minimum absolute atomic E-state index is 0.0178. The molecule has 0 saturated carbocycles. The van der Waals surface area contributed by atoms with Crippen LogP contribution in [0.2, 0.25) is 0 Å². The minimum atomic E-state index is -0.0262. The Bertz CT molecular complexity index is 1060. The predicted molar refractivity (Wildman–Crippen MR) is 113 cm³/mol. The van der Waals surface area contributed by atoms with Gasteiger partial charge in [0.15, 0.2) is 5.78 Å². The number of aromatic nitrogens is 3. The average molecular weight is 415 g/mol. The third-order valence-corrected chi connectivity index (χ3v) is 7.15. The fourth-order valence-electron chi connectivity index (χ4n) is 3.41. The third kappa shape index (κ3) is 3.58. The molecule has 1 aliphatic heterocycles. The molecule has 28 heavy (non-hydrogen) atoms. The number of fused-ring (bicyclic) bond motifs is 1. The number of hydrogen-bond donors (Lipinski definition) is 1. The molecular formula is C20H22N4O2S2. The highest BCUT2D eigenvalue weighted by atomic mass is 32.2.